The fourth-order valence-electron chi connectivity index (χ4n) is 4.70. The van der Waals surface area contributed by atoms with Gasteiger partial charge in [0, 0.05) is 31.5 Å². The van der Waals surface area contributed by atoms with E-state index >= 15 is 0 Å². The molecule has 0 spiro atoms. The van der Waals surface area contributed by atoms with E-state index in [1.807, 2.05) is 40.8 Å². The first-order valence-corrected chi connectivity index (χ1v) is 14.6. The summed E-state index contributed by atoms with van der Waals surface area (Å²) in [6, 6.07) is 9.63. The molecule has 0 fully saturated rings. The standard InChI is InChI=1S/C30H37IN2O9/c1-4-24(36)30(39)33(10-8-18-6-5-7-21(12-18)40-2)23-15-20(29(38)32-9-11-34)16-25(27(23)37)42-28-22(31)13-19(17-35)14-26(28)41-3/h5-7,12-14,16,23,25,27,34-35,37H,4,8-11,15,17H2,1-3H3,(H,32,38)/t23-,25+,27+/m1/s1. The summed E-state index contributed by atoms with van der Waals surface area (Å²) in [4.78, 5) is 40.4. The Bertz CT molecular complexity index is 1300. The summed E-state index contributed by atoms with van der Waals surface area (Å²) in [6.07, 6.45) is -0.657. The first-order valence-electron chi connectivity index (χ1n) is 13.6. The molecule has 0 unspecified atom stereocenters. The highest BCUT2D eigenvalue weighted by atomic mass is 127. The first-order chi connectivity index (χ1) is 20.2. The quantitative estimate of drug-likeness (QED) is 0.171. The summed E-state index contributed by atoms with van der Waals surface area (Å²) < 4.78 is 17.6. The number of aliphatic hydroxyl groups excluding tert-OH is 3. The highest BCUT2D eigenvalue weighted by molar-refractivity contribution is 14.1. The number of ketones is 1. The van der Waals surface area contributed by atoms with E-state index in [-0.39, 0.29) is 50.5 Å². The van der Waals surface area contributed by atoms with Crippen LogP contribution < -0.4 is 19.5 Å². The summed E-state index contributed by atoms with van der Waals surface area (Å²) in [5.74, 6) is -0.643. The second kappa shape index (κ2) is 15.9. The molecule has 0 aliphatic heterocycles. The molecule has 2 aromatic rings. The molecule has 0 saturated carbocycles. The van der Waals surface area contributed by atoms with Gasteiger partial charge in [-0.1, -0.05) is 19.1 Å². The van der Waals surface area contributed by atoms with Crippen LogP contribution in [-0.2, 0) is 27.4 Å². The van der Waals surface area contributed by atoms with Crippen LogP contribution in [0, 0.1) is 3.57 Å². The van der Waals surface area contributed by atoms with Crippen molar-refractivity contribution < 1.29 is 43.9 Å². The number of hydrogen-bond donors (Lipinski definition) is 4. The Morgan fingerprint density at radius 3 is 2.50 bits per heavy atom. The van der Waals surface area contributed by atoms with E-state index in [0.29, 0.717) is 27.1 Å². The lowest BCUT2D eigenvalue weighted by Crippen LogP contribution is -2.56. The molecule has 0 heterocycles. The Hall–Kier alpha value is -3.20. The smallest absolute Gasteiger partial charge is 0.290 e. The molecule has 2 aromatic carbocycles. The van der Waals surface area contributed by atoms with Gasteiger partial charge in [0.2, 0.25) is 11.7 Å². The minimum Gasteiger partial charge on any atom is -0.497 e. The Kier molecular flexibility index (Phi) is 12.6. The number of halogens is 1. The van der Waals surface area contributed by atoms with Crippen LogP contribution in [0.3, 0.4) is 0 Å². The molecule has 2 amide bonds. The Morgan fingerprint density at radius 2 is 1.86 bits per heavy atom. The maximum atomic E-state index is 13.4. The van der Waals surface area contributed by atoms with Gasteiger partial charge in [-0.3, -0.25) is 14.4 Å². The number of benzene rings is 2. The number of hydrogen-bond acceptors (Lipinski definition) is 9. The van der Waals surface area contributed by atoms with Gasteiger partial charge in [-0.25, -0.2) is 0 Å². The second-order valence-electron chi connectivity index (χ2n) is 9.66. The van der Waals surface area contributed by atoms with Crippen molar-refractivity contribution in [1.82, 2.24) is 10.2 Å². The summed E-state index contributed by atoms with van der Waals surface area (Å²) in [5.41, 5.74) is 1.68. The van der Waals surface area contributed by atoms with Crippen molar-refractivity contribution in [3.05, 3.63) is 62.7 Å². The summed E-state index contributed by atoms with van der Waals surface area (Å²) in [6.45, 7) is 1.20. The largest absolute Gasteiger partial charge is 0.497 e. The summed E-state index contributed by atoms with van der Waals surface area (Å²) in [5, 5.41) is 33.0. The molecule has 12 heteroatoms. The van der Waals surface area contributed by atoms with Crippen molar-refractivity contribution in [3.63, 3.8) is 0 Å². The molecule has 0 bridgehead atoms. The summed E-state index contributed by atoms with van der Waals surface area (Å²) in [7, 11) is 3.00. The molecular weight excluding hydrogens is 659 g/mol. The number of Topliss-reactive ketones (excluding diaryl/α,β-unsaturated/α-hetero) is 1. The van der Waals surface area contributed by atoms with Crippen LogP contribution in [0.5, 0.6) is 17.2 Å². The van der Waals surface area contributed by atoms with Crippen molar-refractivity contribution in [1.29, 1.82) is 0 Å². The lowest BCUT2D eigenvalue weighted by molar-refractivity contribution is -0.149. The number of aliphatic hydroxyl groups is 3. The van der Waals surface area contributed by atoms with Crippen LogP contribution >= 0.6 is 22.6 Å². The molecule has 4 N–H and O–H groups in total. The van der Waals surface area contributed by atoms with E-state index in [1.54, 1.807) is 32.2 Å². The SMILES string of the molecule is CCC(=O)C(=O)N(CCc1cccc(OC)c1)[C@@H]1CC(C(=O)NCCO)=C[C@H](Oc2c(I)cc(CO)cc2OC)[C@H]1O. The monoisotopic (exact) mass is 696 g/mol. The number of nitrogens with one attached hydrogen (secondary N) is 1. The molecule has 0 radical (unpaired) electrons. The molecule has 1 aliphatic rings. The van der Waals surface area contributed by atoms with Crippen molar-refractivity contribution in [2.75, 3.05) is 33.9 Å². The second-order valence-corrected chi connectivity index (χ2v) is 10.8. The number of rotatable bonds is 14. The number of methoxy groups -OCH3 is 2. The minimum atomic E-state index is -1.32. The van der Waals surface area contributed by atoms with Crippen LogP contribution in [0.1, 0.15) is 30.9 Å². The molecule has 11 nitrogen and oxygen atoms in total. The molecule has 0 aromatic heterocycles. The van der Waals surface area contributed by atoms with E-state index in [0.717, 1.165) is 5.56 Å². The van der Waals surface area contributed by atoms with Gasteiger partial charge in [0.25, 0.3) is 5.91 Å². The van der Waals surface area contributed by atoms with Gasteiger partial charge in [0.05, 0.1) is 37.0 Å². The van der Waals surface area contributed by atoms with Gasteiger partial charge in [0.1, 0.15) is 18.0 Å². The Morgan fingerprint density at radius 1 is 1.10 bits per heavy atom. The van der Waals surface area contributed by atoms with Gasteiger partial charge in [0.15, 0.2) is 11.5 Å². The van der Waals surface area contributed by atoms with Crippen molar-refractivity contribution in [2.24, 2.45) is 0 Å². The van der Waals surface area contributed by atoms with Crippen LogP contribution in [0.2, 0.25) is 0 Å². The predicted molar refractivity (Wildman–Crippen MR) is 162 cm³/mol. The van der Waals surface area contributed by atoms with Gasteiger partial charge in [-0.05, 0) is 70.5 Å². The van der Waals surface area contributed by atoms with Crippen molar-refractivity contribution >= 4 is 40.2 Å². The zero-order valence-electron chi connectivity index (χ0n) is 23.8. The van der Waals surface area contributed by atoms with Crippen molar-refractivity contribution in [2.45, 2.75) is 51.0 Å². The Balaban J connectivity index is 2.02. The fraction of sp³-hybridized carbons (Fsp3) is 0.433. The van der Waals surface area contributed by atoms with E-state index < -0.39 is 35.8 Å². The molecule has 0 saturated heterocycles. The maximum Gasteiger partial charge on any atom is 0.290 e. The molecular formula is C30H37IN2O9. The Labute approximate surface area is 258 Å². The lowest BCUT2D eigenvalue weighted by Gasteiger charge is -2.40. The normalized spacial score (nSPS) is 18.1. The first kappa shape index (κ1) is 33.3. The van der Waals surface area contributed by atoms with E-state index in [4.69, 9.17) is 14.2 Å². The van der Waals surface area contributed by atoms with Crippen LogP contribution in [0.15, 0.2) is 48.0 Å². The number of carbonyl (C=O) groups is 3. The molecule has 1 aliphatic carbocycles. The zero-order valence-corrected chi connectivity index (χ0v) is 26.0. The van der Waals surface area contributed by atoms with Crippen LogP contribution in [0.4, 0.5) is 0 Å². The average molecular weight is 697 g/mol. The maximum absolute atomic E-state index is 13.4. The van der Waals surface area contributed by atoms with Gasteiger partial charge in [-0.2, -0.15) is 0 Å². The third kappa shape index (κ3) is 8.21. The van der Waals surface area contributed by atoms with Crippen LogP contribution in [-0.4, -0.2) is 90.0 Å². The number of amides is 2. The highest BCUT2D eigenvalue weighted by Crippen LogP contribution is 2.37. The molecule has 42 heavy (non-hydrogen) atoms. The number of ether oxygens (including phenoxy) is 3. The highest BCUT2D eigenvalue weighted by Gasteiger charge is 2.41. The molecule has 3 atom stereocenters. The van der Waals surface area contributed by atoms with Gasteiger partial charge >= 0.3 is 0 Å². The van der Waals surface area contributed by atoms with E-state index in [1.165, 1.54) is 18.1 Å². The minimum absolute atomic E-state index is 0.00999. The third-order valence-corrected chi connectivity index (χ3v) is 7.74. The molecule has 228 valence electrons. The van der Waals surface area contributed by atoms with Crippen molar-refractivity contribution in [3.8, 4) is 17.2 Å². The van der Waals surface area contributed by atoms with E-state index in [2.05, 4.69) is 5.32 Å². The van der Waals surface area contributed by atoms with Gasteiger partial charge < -0.3 is 39.7 Å². The fourth-order valence-corrected chi connectivity index (χ4v) is 5.49. The van der Waals surface area contributed by atoms with Crippen LogP contribution in [0.25, 0.3) is 0 Å². The van der Waals surface area contributed by atoms with E-state index in [9.17, 15) is 29.7 Å². The third-order valence-electron chi connectivity index (χ3n) is 6.94. The molecule has 3 rings (SSSR count). The average Bonchev–Trinajstić information content (AvgIpc) is 3.01. The number of nitrogens with zero attached hydrogens (tertiary/aromatic N) is 1. The number of carbonyl (C=O) groups excluding carboxylic acids is 3. The topological polar surface area (TPSA) is 155 Å². The lowest BCUT2D eigenvalue weighted by atomic mass is 9.87. The van der Waals surface area contributed by atoms with Gasteiger partial charge in [-0.15, -0.1) is 0 Å². The zero-order chi connectivity index (χ0) is 30.8. The predicted octanol–water partition coefficient (Wildman–Crippen LogP) is 1.77. The summed E-state index contributed by atoms with van der Waals surface area (Å²) >= 11 is 2.02.